The average Bonchev–Trinajstić information content (AvgIpc) is 2.29. The molecular formula is C13H17FN2S. The molecule has 0 amide bonds. The van der Waals surface area contributed by atoms with Crippen LogP contribution in [0, 0.1) is 5.82 Å². The van der Waals surface area contributed by atoms with Gasteiger partial charge in [0.05, 0.1) is 5.54 Å². The van der Waals surface area contributed by atoms with E-state index in [2.05, 4.69) is 19.2 Å². The van der Waals surface area contributed by atoms with Gasteiger partial charge in [-0.15, -0.1) is 0 Å². The molecule has 92 valence electrons. The summed E-state index contributed by atoms with van der Waals surface area (Å²) in [5, 5.41) is 4.08. The molecular weight excluding hydrogens is 235 g/mol. The minimum atomic E-state index is -0.227. The van der Waals surface area contributed by atoms with Gasteiger partial charge >= 0.3 is 0 Å². The van der Waals surface area contributed by atoms with Crippen LogP contribution in [0.1, 0.15) is 26.7 Å². The Kier molecular flexibility index (Phi) is 3.72. The third-order valence-electron chi connectivity index (χ3n) is 3.09. The number of benzene rings is 1. The summed E-state index contributed by atoms with van der Waals surface area (Å²) < 4.78 is 13.1. The first kappa shape index (κ1) is 12.4. The Hall–Kier alpha value is -1.03. The molecule has 0 aliphatic carbocycles. The maximum Gasteiger partial charge on any atom is 0.161 e. The molecule has 1 atom stereocenters. The summed E-state index contributed by atoms with van der Waals surface area (Å²) in [6.45, 7) is 4.32. The van der Waals surface area contributed by atoms with Gasteiger partial charge in [-0.2, -0.15) is 0 Å². The summed E-state index contributed by atoms with van der Waals surface area (Å²) in [4.78, 5) is 4.70. The smallest absolute Gasteiger partial charge is 0.161 e. The molecule has 2 nitrogen and oxygen atoms in total. The number of nitrogens with zero attached hydrogens (tertiary/aromatic N) is 1. The molecule has 1 N–H and O–H groups in total. The van der Waals surface area contributed by atoms with Crippen molar-refractivity contribution in [2.45, 2.75) is 32.2 Å². The van der Waals surface area contributed by atoms with Crippen LogP contribution < -0.4 is 5.32 Å². The Morgan fingerprint density at radius 1 is 1.53 bits per heavy atom. The largest absolute Gasteiger partial charge is 0.335 e. The first-order valence-electron chi connectivity index (χ1n) is 5.86. The third-order valence-corrected chi connectivity index (χ3v) is 3.96. The average molecular weight is 252 g/mol. The summed E-state index contributed by atoms with van der Waals surface area (Å²) in [5.74, 6) is 0.834. The SMILES string of the molecule is CCC1(C)CCSC(Nc2cccc(F)c2)=N1. The van der Waals surface area contributed by atoms with Crippen molar-refractivity contribution >= 4 is 22.6 Å². The summed E-state index contributed by atoms with van der Waals surface area (Å²) in [5.41, 5.74) is 0.789. The fourth-order valence-corrected chi connectivity index (χ4v) is 2.92. The first-order chi connectivity index (χ1) is 8.11. The van der Waals surface area contributed by atoms with Gasteiger partial charge in [-0.05, 0) is 38.0 Å². The summed E-state index contributed by atoms with van der Waals surface area (Å²) in [6.07, 6.45) is 2.13. The second kappa shape index (κ2) is 5.08. The third kappa shape index (κ3) is 3.22. The van der Waals surface area contributed by atoms with Crippen molar-refractivity contribution in [3.63, 3.8) is 0 Å². The van der Waals surface area contributed by atoms with Gasteiger partial charge in [0.2, 0.25) is 0 Å². The van der Waals surface area contributed by atoms with Crippen LogP contribution in [0.5, 0.6) is 0 Å². The topological polar surface area (TPSA) is 24.4 Å². The normalized spacial score (nSPS) is 24.3. The zero-order valence-electron chi connectivity index (χ0n) is 10.2. The van der Waals surface area contributed by atoms with Crippen molar-refractivity contribution in [1.29, 1.82) is 0 Å². The van der Waals surface area contributed by atoms with E-state index in [-0.39, 0.29) is 11.4 Å². The summed E-state index contributed by atoms with van der Waals surface area (Å²) in [7, 11) is 0. The number of nitrogens with one attached hydrogen (secondary N) is 1. The molecule has 1 unspecified atom stereocenters. The molecule has 1 aromatic carbocycles. The van der Waals surface area contributed by atoms with Crippen LogP contribution in [0.3, 0.4) is 0 Å². The van der Waals surface area contributed by atoms with Gasteiger partial charge in [0.15, 0.2) is 5.17 Å². The molecule has 1 aliphatic rings. The number of aliphatic imine (C=N–C) groups is 1. The van der Waals surface area contributed by atoms with E-state index in [9.17, 15) is 4.39 Å². The molecule has 0 aromatic heterocycles. The van der Waals surface area contributed by atoms with Gasteiger partial charge in [0.25, 0.3) is 0 Å². The Morgan fingerprint density at radius 3 is 3.06 bits per heavy atom. The number of halogens is 1. The maximum absolute atomic E-state index is 13.1. The summed E-state index contributed by atoms with van der Waals surface area (Å²) >= 11 is 1.70. The Balaban J connectivity index is 2.13. The highest BCUT2D eigenvalue weighted by molar-refractivity contribution is 8.14. The summed E-state index contributed by atoms with van der Waals surface area (Å²) in [6, 6.07) is 6.48. The van der Waals surface area contributed by atoms with E-state index in [1.807, 2.05) is 6.07 Å². The monoisotopic (exact) mass is 252 g/mol. The standard InChI is InChI=1S/C13H17FN2S/c1-3-13(2)7-8-17-12(16-13)15-11-6-4-5-10(14)9-11/h4-6,9H,3,7-8H2,1-2H3,(H,15,16). The molecule has 1 heterocycles. The van der Waals surface area contributed by atoms with E-state index in [1.54, 1.807) is 17.8 Å². The lowest BCUT2D eigenvalue weighted by atomic mass is 9.97. The first-order valence-corrected chi connectivity index (χ1v) is 6.85. The molecule has 0 saturated heterocycles. The Labute approximate surface area is 106 Å². The zero-order valence-corrected chi connectivity index (χ0v) is 11.0. The van der Waals surface area contributed by atoms with E-state index in [4.69, 9.17) is 4.99 Å². The second-order valence-electron chi connectivity index (χ2n) is 4.50. The van der Waals surface area contributed by atoms with Crippen molar-refractivity contribution in [3.8, 4) is 0 Å². The van der Waals surface area contributed by atoms with Gasteiger partial charge in [-0.25, -0.2) is 4.39 Å². The minimum Gasteiger partial charge on any atom is -0.335 e. The van der Waals surface area contributed by atoms with Crippen LogP contribution in [-0.4, -0.2) is 16.5 Å². The second-order valence-corrected chi connectivity index (χ2v) is 5.58. The molecule has 0 bridgehead atoms. The van der Waals surface area contributed by atoms with Gasteiger partial charge in [-0.1, -0.05) is 24.8 Å². The number of thioether (sulfide) groups is 1. The van der Waals surface area contributed by atoms with E-state index >= 15 is 0 Å². The number of hydrogen-bond acceptors (Lipinski definition) is 3. The van der Waals surface area contributed by atoms with Crippen molar-refractivity contribution in [3.05, 3.63) is 30.1 Å². The van der Waals surface area contributed by atoms with E-state index in [1.165, 1.54) is 12.1 Å². The lowest BCUT2D eigenvalue weighted by Crippen LogP contribution is -2.29. The van der Waals surface area contributed by atoms with Crippen LogP contribution in [0.15, 0.2) is 29.3 Å². The van der Waals surface area contributed by atoms with Crippen molar-refractivity contribution in [1.82, 2.24) is 0 Å². The van der Waals surface area contributed by atoms with Gasteiger partial charge in [0.1, 0.15) is 5.82 Å². The number of rotatable bonds is 2. The number of hydrogen-bond donors (Lipinski definition) is 1. The molecule has 0 spiro atoms. The Bertz CT molecular complexity index is 433. The predicted molar refractivity (Wildman–Crippen MR) is 73.2 cm³/mol. The highest BCUT2D eigenvalue weighted by Crippen LogP contribution is 2.29. The van der Waals surface area contributed by atoms with Crippen LogP contribution in [0.4, 0.5) is 10.1 Å². The molecule has 4 heteroatoms. The van der Waals surface area contributed by atoms with Crippen molar-refractivity contribution in [2.24, 2.45) is 4.99 Å². The molecule has 0 radical (unpaired) electrons. The lowest BCUT2D eigenvalue weighted by Gasteiger charge is -2.29. The predicted octanol–water partition coefficient (Wildman–Crippen LogP) is 3.90. The minimum absolute atomic E-state index is 0.0287. The van der Waals surface area contributed by atoms with Crippen LogP contribution in [0.2, 0.25) is 0 Å². The molecule has 1 aliphatic heterocycles. The molecule has 0 fully saturated rings. The molecule has 2 rings (SSSR count). The van der Waals surface area contributed by atoms with E-state index < -0.39 is 0 Å². The Morgan fingerprint density at radius 2 is 2.35 bits per heavy atom. The number of amidine groups is 1. The fourth-order valence-electron chi connectivity index (χ4n) is 1.71. The van der Waals surface area contributed by atoms with Gasteiger partial charge in [0, 0.05) is 11.4 Å². The van der Waals surface area contributed by atoms with Crippen LogP contribution >= 0.6 is 11.8 Å². The quantitative estimate of drug-likeness (QED) is 0.863. The van der Waals surface area contributed by atoms with Crippen molar-refractivity contribution < 1.29 is 4.39 Å². The van der Waals surface area contributed by atoms with Crippen LogP contribution in [-0.2, 0) is 0 Å². The van der Waals surface area contributed by atoms with E-state index in [0.717, 1.165) is 29.4 Å². The molecule has 1 aromatic rings. The maximum atomic E-state index is 13.1. The number of anilines is 1. The van der Waals surface area contributed by atoms with Gasteiger partial charge < -0.3 is 5.32 Å². The zero-order chi connectivity index (χ0) is 12.3. The lowest BCUT2D eigenvalue weighted by molar-refractivity contribution is 0.443. The van der Waals surface area contributed by atoms with Crippen molar-refractivity contribution in [2.75, 3.05) is 11.1 Å². The van der Waals surface area contributed by atoms with E-state index in [0.29, 0.717) is 0 Å². The molecule has 0 saturated carbocycles. The molecule has 17 heavy (non-hydrogen) atoms. The van der Waals surface area contributed by atoms with Crippen LogP contribution in [0.25, 0.3) is 0 Å². The fraction of sp³-hybridized carbons (Fsp3) is 0.462. The highest BCUT2D eigenvalue weighted by atomic mass is 32.2. The highest BCUT2D eigenvalue weighted by Gasteiger charge is 2.25. The van der Waals surface area contributed by atoms with Gasteiger partial charge in [-0.3, -0.25) is 4.99 Å².